The summed E-state index contributed by atoms with van der Waals surface area (Å²) in [6, 6.07) is 17.5. The van der Waals surface area contributed by atoms with Crippen LogP contribution < -0.4 is 21.8 Å². The van der Waals surface area contributed by atoms with Crippen molar-refractivity contribution in [1.29, 1.82) is 0 Å². The molecule has 14 heteroatoms. The van der Waals surface area contributed by atoms with Gasteiger partial charge in [-0.25, -0.2) is 0 Å². The standard InChI is InChI=1S/2C24H24ClN3O2S/c2*1-5-26-20(29)11-19-17-10-21(30)28(4)12-18(17)24-22(13(2)14(3)31-24)23(27-19)15-6-8-16(25)9-7-15/h2*6-10,12,19H,5,11H2,1-4H3,(H,26,29)/t2*19-/m10/s1. The first-order valence-electron chi connectivity index (χ1n) is 20.4. The highest BCUT2D eigenvalue weighted by Gasteiger charge is 2.32. The highest BCUT2D eigenvalue weighted by molar-refractivity contribution is 7.16. The molecule has 0 aliphatic carbocycles. The van der Waals surface area contributed by atoms with E-state index in [4.69, 9.17) is 33.2 Å². The van der Waals surface area contributed by atoms with Crippen molar-refractivity contribution >= 4 is 69.1 Å². The highest BCUT2D eigenvalue weighted by atomic mass is 35.5. The number of fused-ring (bicyclic) bond motifs is 6. The number of amides is 2. The van der Waals surface area contributed by atoms with Crippen LogP contribution in [0.25, 0.3) is 20.9 Å². The number of thiophene rings is 2. The summed E-state index contributed by atoms with van der Waals surface area (Å²) >= 11 is 15.7. The molecule has 0 radical (unpaired) electrons. The largest absolute Gasteiger partial charge is 0.356 e. The molecule has 6 aromatic rings. The van der Waals surface area contributed by atoms with E-state index in [1.807, 2.05) is 74.8 Å². The molecular formula is C48H48Cl2N6O4S2. The van der Waals surface area contributed by atoms with Gasteiger partial charge in [0.25, 0.3) is 11.1 Å². The maximum Gasteiger partial charge on any atom is 0.250 e. The first-order chi connectivity index (χ1) is 29.6. The van der Waals surface area contributed by atoms with E-state index in [0.717, 1.165) is 76.8 Å². The molecule has 0 spiro atoms. The summed E-state index contributed by atoms with van der Waals surface area (Å²) in [5.41, 5.74) is 11.2. The second-order valence-corrected chi connectivity index (χ2v) is 18.8. The summed E-state index contributed by atoms with van der Waals surface area (Å²) < 4.78 is 3.17. The molecule has 0 saturated heterocycles. The van der Waals surface area contributed by atoms with Crippen molar-refractivity contribution < 1.29 is 9.59 Å². The quantitative estimate of drug-likeness (QED) is 0.158. The van der Waals surface area contributed by atoms with Crippen molar-refractivity contribution in [3.05, 3.63) is 158 Å². The predicted molar refractivity (Wildman–Crippen MR) is 255 cm³/mol. The fourth-order valence-corrected chi connectivity index (χ4v) is 10.5. The smallest absolute Gasteiger partial charge is 0.250 e. The third kappa shape index (κ3) is 8.92. The second-order valence-electron chi connectivity index (χ2n) is 15.5. The molecule has 2 aliphatic heterocycles. The molecule has 0 bridgehead atoms. The van der Waals surface area contributed by atoms with Gasteiger partial charge in [0.05, 0.1) is 36.3 Å². The third-order valence-corrected chi connectivity index (χ3v) is 14.3. The van der Waals surface area contributed by atoms with Gasteiger partial charge in [0.15, 0.2) is 0 Å². The molecule has 0 fully saturated rings. The van der Waals surface area contributed by atoms with Crippen LogP contribution in [0, 0.1) is 27.7 Å². The average Bonchev–Trinajstić information content (AvgIpc) is 3.60. The molecular weight excluding hydrogens is 860 g/mol. The Bertz CT molecular complexity index is 2710. The molecule has 4 aromatic heterocycles. The number of hydrogen-bond acceptors (Lipinski definition) is 8. The van der Waals surface area contributed by atoms with Gasteiger partial charge < -0.3 is 19.8 Å². The van der Waals surface area contributed by atoms with E-state index in [0.29, 0.717) is 23.1 Å². The number of aliphatic imine (C=N–C) groups is 2. The zero-order chi connectivity index (χ0) is 44.6. The number of carbonyl (C=O) groups is 2. The molecule has 2 aliphatic rings. The van der Waals surface area contributed by atoms with Crippen molar-refractivity contribution in [2.45, 2.75) is 66.5 Å². The molecule has 0 unspecified atom stereocenters. The number of carbonyl (C=O) groups excluding carboxylic acids is 2. The van der Waals surface area contributed by atoms with Crippen molar-refractivity contribution in [2.75, 3.05) is 13.1 Å². The summed E-state index contributed by atoms with van der Waals surface area (Å²) in [6.07, 6.45) is 4.10. The fraction of sp³-hybridized carbons (Fsp3) is 0.292. The predicted octanol–water partition coefficient (Wildman–Crippen LogP) is 9.60. The zero-order valence-corrected chi connectivity index (χ0v) is 39.1. The van der Waals surface area contributed by atoms with Gasteiger partial charge in [-0.05, 0) is 88.1 Å². The van der Waals surface area contributed by atoms with E-state index in [-0.39, 0.29) is 35.8 Å². The van der Waals surface area contributed by atoms with Crippen LogP contribution in [0.4, 0.5) is 0 Å². The first-order valence-corrected chi connectivity index (χ1v) is 22.8. The van der Waals surface area contributed by atoms with E-state index in [1.54, 1.807) is 58.0 Å². The van der Waals surface area contributed by atoms with Crippen LogP contribution in [0.1, 0.15) is 93.0 Å². The number of hydrogen-bond donors (Lipinski definition) is 2. The summed E-state index contributed by atoms with van der Waals surface area (Å²) in [7, 11) is 3.50. The Hall–Kier alpha value is -5.40. The van der Waals surface area contributed by atoms with Crippen molar-refractivity contribution in [2.24, 2.45) is 24.1 Å². The zero-order valence-electron chi connectivity index (χ0n) is 35.9. The molecule has 2 N–H and O–H groups in total. The Morgan fingerprint density at radius 3 is 1.32 bits per heavy atom. The van der Waals surface area contributed by atoms with Crippen LogP contribution in [-0.4, -0.2) is 45.5 Å². The summed E-state index contributed by atoms with van der Waals surface area (Å²) in [6.45, 7) is 13.3. The average molecular weight is 908 g/mol. The Labute approximate surface area is 379 Å². The molecule has 2 aromatic carbocycles. The van der Waals surface area contributed by atoms with E-state index >= 15 is 0 Å². The van der Waals surface area contributed by atoms with Crippen molar-refractivity contribution in [3.8, 4) is 20.9 Å². The summed E-state index contributed by atoms with van der Waals surface area (Å²) in [4.78, 5) is 64.9. The van der Waals surface area contributed by atoms with E-state index in [2.05, 4.69) is 38.3 Å². The van der Waals surface area contributed by atoms with E-state index in [1.165, 1.54) is 9.75 Å². The third-order valence-electron chi connectivity index (χ3n) is 11.3. The number of nitrogens with zero attached hydrogens (tertiary/aromatic N) is 4. The SMILES string of the molecule is CCNC(=O)C[C@@H]1N=C(c2ccc(Cl)cc2)c2c(sc(C)c2C)-c2cn(C)c(=O)cc21.CCNC(=O)C[C@H]1N=C(c2ccc(Cl)cc2)c2c(sc(C)c2C)-c2cn(C)c(=O)cc21. The maximum absolute atomic E-state index is 12.5. The van der Waals surface area contributed by atoms with Crippen LogP contribution in [0.15, 0.2) is 92.6 Å². The van der Waals surface area contributed by atoms with Gasteiger partial charge >= 0.3 is 0 Å². The first kappa shape index (κ1) is 44.6. The lowest BCUT2D eigenvalue weighted by molar-refractivity contribution is -0.122. The molecule has 8 rings (SSSR count). The normalized spacial score (nSPS) is 15.0. The molecule has 320 valence electrons. The van der Waals surface area contributed by atoms with E-state index in [9.17, 15) is 19.2 Å². The minimum Gasteiger partial charge on any atom is -0.356 e. The van der Waals surface area contributed by atoms with Crippen molar-refractivity contribution in [3.63, 3.8) is 0 Å². The summed E-state index contributed by atoms with van der Waals surface area (Å²) in [5.74, 6) is -0.173. The Morgan fingerprint density at radius 1 is 0.629 bits per heavy atom. The van der Waals surface area contributed by atoms with Crippen LogP contribution in [0.3, 0.4) is 0 Å². The molecule has 10 nitrogen and oxygen atoms in total. The number of pyridine rings is 2. The van der Waals surface area contributed by atoms with Gasteiger partial charge in [-0.1, -0.05) is 47.5 Å². The fourth-order valence-electron chi connectivity index (χ4n) is 7.86. The minimum atomic E-state index is -0.458. The lowest BCUT2D eigenvalue weighted by atomic mass is 9.95. The van der Waals surface area contributed by atoms with Crippen LogP contribution >= 0.6 is 45.9 Å². The molecule has 2 atom stereocenters. The number of benzene rings is 2. The van der Waals surface area contributed by atoms with Gasteiger partial charge in [0, 0.05) is 115 Å². The minimum absolute atomic E-state index is 0.0866. The molecule has 0 saturated carbocycles. The van der Waals surface area contributed by atoms with Gasteiger partial charge in [0.2, 0.25) is 11.8 Å². The monoisotopic (exact) mass is 906 g/mol. The van der Waals surface area contributed by atoms with Crippen LogP contribution in [-0.2, 0) is 23.7 Å². The Balaban J connectivity index is 0.000000186. The van der Waals surface area contributed by atoms with Gasteiger partial charge in [-0.3, -0.25) is 29.2 Å². The van der Waals surface area contributed by atoms with Gasteiger partial charge in [-0.15, -0.1) is 22.7 Å². The molecule has 6 heterocycles. The van der Waals surface area contributed by atoms with Gasteiger partial charge in [0.1, 0.15) is 0 Å². The molecule has 62 heavy (non-hydrogen) atoms. The lowest BCUT2D eigenvalue weighted by Gasteiger charge is -2.16. The number of aryl methyl sites for hydroxylation is 4. The maximum atomic E-state index is 12.5. The van der Waals surface area contributed by atoms with Gasteiger partial charge in [-0.2, -0.15) is 0 Å². The Kier molecular flexibility index (Phi) is 13.3. The number of nitrogens with one attached hydrogen (secondary N) is 2. The van der Waals surface area contributed by atoms with E-state index < -0.39 is 12.1 Å². The van der Waals surface area contributed by atoms with Crippen LogP contribution in [0.5, 0.6) is 0 Å². The topological polar surface area (TPSA) is 127 Å². The number of halogens is 2. The number of aromatic nitrogens is 2. The number of rotatable bonds is 8. The molecule has 2 amide bonds. The lowest BCUT2D eigenvalue weighted by Crippen LogP contribution is -2.25. The van der Waals surface area contributed by atoms with Crippen molar-refractivity contribution in [1.82, 2.24) is 19.8 Å². The summed E-state index contributed by atoms with van der Waals surface area (Å²) in [5, 5.41) is 7.03. The van der Waals surface area contributed by atoms with Crippen LogP contribution in [0.2, 0.25) is 10.0 Å². The Morgan fingerprint density at radius 2 is 0.984 bits per heavy atom. The highest BCUT2D eigenvalue weighted by Crippen LogP contribution is 2.46. The second kappa shape index (κ2) is 18.5.